The molecule has 0 heterocycles. The maximum absolute atomic E-state index is 9.80. The van der Waals surface area contributed by atoms with E-state index >= 15 is 0 Å². The third-order valence-electron chi connectivity index (χ3n) is 2.43. The van der Waals surface area contributed by atoms with E-state index in [0.29, 0.717) is 23.4 Å². The summed E-state index contributed by atoms with van der Waals surface area (Å²) in [5.74, 6) is 0.541. The first-order valence-corrected chi connectivity index (χ1v) is 5.52. The molecule has 1 aromatic carbocycles. The summed E-state index contributed by atoms with van der Waals surface area (Å²) in [6, 6.07) is 5.31. The number of rotatable bonds is 4. The van der Waals surface area contributed by atoms with Crippen LogP contribution in [0.4, 0.5) is 5.69 Å². The number of hydrogen-bond acceptors (Lipinski definition) is 4. The van der Waals surface area contributed by atoms with E-state index in [9.17, 15) is 10.2 Å². The van der Waals surface area contributed by atoms with Gasteiger partial charge in [-0.1, -0.05) is 12.1 Å². The highest BCUT2D eigenvalue weighted by atomic mass is 32.1. The third-order valence-corrected chi connectivity index (χ3v) is 2.69. The van der Waals surface area contributed by atoms with Crippen molar-refractivity contribution in [3.8, 4) is 0 Å². The molecule has 84 valence electrons. The lowest BCUT2D eigenvalue weighted by molar-refractivity contribution is 0.0173. The van der Waals surface area contributed by atoms with E-state index in [2.05, 4.69) is 12.6 Å². The van der Waals surface area contributed by atoms with Crippen LogP contribution in [0.2, 0.25) is 0 Å². The lowest BCUT2D eigenvalue weighted by Crippen LogP contribution is -2.18. The zero-order chi connectivity index (χ0) is 11.4. The van der Waals surface area contributed by atoms with Gasteiger partial charge in [0.1, 0.15) is 6.10 Å². The van der Waals surface area contributed by atoms with Crippen molar-refractivity contribution in [1.82, 2.24) is 0 Å². The van der Waals surface area contributed by atoms with E-state index in [-0.39, 0.29) is 0 Å². The largest absolute Gasteiger partial charge is 0.399 e. The summed E-state index contributed by atoms with van der Waals surface area (Å²) in [5.41, 5.74) is 7.97. The fourth-order valence-electron chi connectivity index (χ4n) is 1.36. The maximum atomic E-state index is 9.80. The molecule has 2 atom stereocenters. The fraction of sp³-hybridized carbons (Fsp3) is 0.455. The molecule has 0 saturated carbocycles. The number of nitrogen functional groups attached to an aromatic ring is 1. The minimum absolute atomic E-state index is 0.456. The number of benzene rings is 1. The second-order valence-corrected chi connectivity index (χ2v) is 4.09. The van der Waals surface area contributed by atoms with Gasteiger partial charge >= 0.3 is 0 Å². The first kappa shape index (κ1) is 12.4. The van der Waals surface area contributed by atoms with Crippen LogP contribution in [0.15, 0.2) is 18.2 Å². The van der Waals surface area contributed by atoms with Crippen molar-refractivity contribution in [2.24, 2.45) is 0 Å². The molecule has 0 aliphatic heterocycles. The van der Waals surface area contributed by atoms with E-state index in [4.69, 9.17) is 5.73 Å². The quantitative estimate of drug-likeness (QED) is 0.463. The van der Waals surface area contributed by atoms with Crippen LogP contribution in [0.3, 0.4) is 0 Å². The van der Waals surface area contributed by atoms with Crippen molar-refractivity contribution in [2.45, 2.75) is 25.6 Å². The zero-order valence-corrected chi connectivity index (χ0v) is 9.61. The van der Waals surface area contributed by atoms with Crippen molar-refractivity contribution in [2.75, 3.05) is 11.5 Å². The molecule has 0 bridgehead atoms. The van der Waals surface area contributed by atoms with Crippen LogP contribution in [-0.4, -0.2) is 22.1 Å². The van der Waals surface area contributed by atoms with Gasteiger partial charge in [0.15, 0.2) is 0 Å². The number of aliphatic hydroxyl groups excluding tert-OH is 2. The molecular weight excluding hydrogens is 210 g/mol. The Bertz CT molecular complexity index is 330. The maximum Gasteiger partial charge on any atom is 0.105 e. The Hall–Kier alpha value is -0.710. The lowest BCUT2D eigenvalue weighted by Gasteiger charge is -2.18. The predicted molar refractivity (Wildman–Crippen MR) is 65.0 cm³/mol. The monoisotopic (exact) mass is 227 g/mol. The number of nitrogens with two attached hydrogens (primary N) is 1. The number of aryl methyl sites for hydroxylation is 1. The Kier molecular flexibility index (Phi) is 4.45. The van der Waals surface area contributed by atoms with Gasteiger partial charge in [0.2, 0.25) is 0 Å². The highest BCUT2D eigenvalue weighted by Gasteiger charge is 2.17. The van der Waals surface area contributed by atoms with Gasteiger partial charge in [-0.15, -0.1) is 0 Å². The summed E-state index contributed by atoms with van der Waals surface area (Å²) >= 11 is 4.01. The Balaban J connectivity index is 2.81. The van der Waals surface area contributed by atoms with Crippen molar-refractivity contribution in [3.63, 3.8) is 0 Å². The molecule has 0 fully saturated rings. The number of hydrogen-bond donors (Lipinski definition) is 4. The van der Waals surface area contributed by atoms with Gasteiger partial charge in [-0.2, -0.15) is 12.6 Å². The average Bonchev–Trinajstić information content (AvgIpc) is 2.21. The smallest absolute Gasteiger partial charge is 0.105 e. The summed E-state index contributed by atoms with van der Waals surface area (Å²) in [6.45, 7) is 1.90. The molecule has 4 N–H and O–H groups in total. The van der Waals surface area contributed by atoms with E-state index in [1.54, 1.807) is 12.1 Å². The summed E-state index contributed by atoms with van der Waals surface area (Å²) in [5, 5.41) is 19.4. The van der Waals surface area contributed by atoms with E-state index in [0.717, 1.165) is 5.56 Å². The minimum Gasteiger partial charge on any atom is -0.399 e. The molecule has 0 saturated heterocycles. The summed E-state index contributed by atoms with van der Waals surface area (Å²) in [6.07, 6.45) is -1.22. The number of thiol groups is 1. The highest BCUT2D eigenvalue weighted by Crippen LogP contribution is 2.22. The molecule has 0 radical (unpaired) electrons. The Morgan fingerprint density at radius 1 is 1.40 bits per heavy atom. The SMILES string of the molecule is Cc1ccc(C(O)C(O)CCS)cc1N. The second kappa shape index (κ2) is 5.39. The van der Waals surface area contributed by atoms with Crippen molar-refractivity contribution in [1.29, 1.82) is 0 Å². The second-order valence-electron chi connectivity index (χ2n) is 3.64. The topological polar surface area (TPSA) is 66.5 Å². The van der Waals surface area contributed by atoms with Gasteiger partial charge in [0.25, 0.3) is 0 Å². The molecule has 0 spiro atoms. The molecule has 1 rings (SSSR count). The zero-order valence-electron chi connectivity index (χ0n) is 8.72. The molecule has 2 unspecified atom stereocenters. The van der Waals surface area contributed by atoms with Crippen molar-refractivity contribution < 1.29 is 10.2 Å². The highest BCUT2D eigenvalue weighted by molar-refractivity contribution is 7.80. The lowest BCUT2D eigenvalue weighted by atomic mass is 10.0. The average molecular weight is 227 g/mol. The molecule has 3 nitrogen and oxygen atoms in total. The molecule has 0 aromatic heterocycles. The Morgan fingerprint density at radius 3 is 2.60 bits per heavy atom. The molecule has 1 aromatic rings. The number of aliphatic hydroxyl groups is 2. The van der Waals surface area contributed by atoms with Gasteiger partial charge in [-0.05, 0) is 36.3 Å². The summed E-state index contributed by atoms with van der Waals surface area (Å²) in [4.78, 5) is 0. The van der Waals surface area contributed by atoms with Gasteiger partial charge in [-0.3, -0.25) is 0 Å². The Labute approximate surface area is 95.3 Å². The Morgan fingerprint density at radius 2 is 2.07 bits per heavy atom. The van der Waals surface area contributed by atoms with Gasteiger partial charge in [-0.25, -0.2) is 0 Å². The van der Waals surface area contributed by atoms with Gasteiger partial charge in [0.05, 0.1) is 6.10 Å². The molecule has 0 amide bonds. The standard InChI is InChI=1S/C11H17NO2S/c1-7-2-3-8(6-9(7)12)11(14)10(13)4-5-15/h2-3,6,10-11,13-15H,4-5,12H2,1H3. The van der Waals surface area contributed by atoms with Crippen LogP contribution in [0.5, 0.6) is 0 Å². The summed E-state index contributed by atoms with van der Waals surface area (Å²) < 4.78 is 0. The summed E-state index contributed by atoms with van der Waals surface area (Å²) in [7, 11) is 0. The first-order valence-electron chi connectivity index (χ1n) is 4.89. The normalized spacial score (nSPS) is 14.9. The van der Waals surface area contributed by atoms with Gasteiger partial charge in [0, 0.05) is 5.69 Å². The minimum atomic E-state index is -0.889. The van der Waals surface area contributed by atoms with Crippen LogP contribution in [-0.2, 0) is 0 Å². The van der Waals surface area contributed by atoms with Crippen LogP contribution in [0.1, 0.15) is 23.7 Å². The number of anilines is 1. The third kappa shape index (κ3) is 3.12. The molecule has 15 heavy (non-hydrogen) atoms. The van der Waals surface area contributed by atoms with E-state index in [1.807, 2.05) is 13.0 Å². The van der Waals surface area contributed by atoms with E-state index in [1.165, 1.54) is 0 Å². The van der Waals surface area contributed by atoms with Crippen molar-refractivity contribution >= 4 is 18.3 Å². The van der Waals surface area contributed by atoms with Gasteiger partial charge < -0.3 is 15.9 Å². The van der Waals surface area contributed by atoms with Crippen LogP contribution >= 0.6 is 12.6 Å². The van der Waals surface area contributed by atoms with Crippen molar-refractivity contribution in [3.05, 3.63) is 29.3 Å². The first-order chi connectivity index (χ1) is 7.06. The molecule has 0 aliphatic rings. The molecule has 4 heteroatoms. The van der Waals surface area contributed by atoms with Crippen LogP contribution in [0.25, 0.3) is 0 Å². The predicted octanol–water partition coefficient (Wildman–Crippen LogP) is 1.29. The molecule has 0 aliphatic carbocycles. The van der Waals surface area contributed by atoms with E-state index < -0.39 is 12.2 Å². The van der Waals surface area contributed by atoms with Crippen LogP contribution in [0, 0.1) is 6.92 Å². The van der Waals surface area contributed by atoms with Crippen LogP contribution < -0.4 is 5.73 Å². The fourth-order valence-corrected chi connectivity index (χ4v) is 1.62. The molecular formula is C11H17NO2S.